The second-order valence-electron chi connectivity index (χ2n) is 4.07. The van der Waals surface area contributed by atoms with E-state index in [1.54, 1.807) is 7.11 Å². The van der Waals surface area contributed by atoms with Crippen molar-refractivity contribution in [1.29, 1.82) is 0 Å². The fourth-order valence-electron chi connectivity index (χ4n) is 1.61. The van der Waals surface area contributed by atoms with Crippen LogP contribution >= 0.6 is 0 Å². The molecule has 0 aliphatic rings. The molecule has 102 valence electrons. The minimum Gasteiger partial charge on any atom is -0.488 e. The molecule has 19 heavy (non-hydrogen) atoms. The number of aliphatic hydroxyl groups is 1. The van der Waals surface area contributed by atoms with Crippen molar-refractivity contribution in [2.45, 2.75) is 19.6 Å². The monoisotopic (exact) mass is 264 g/mol. The molecule has 6 nitrogen and oxygen atoms in total. The van der Waals surface area contributed by atoms with Crippen LogP contribution < -0.4 is 4.74 Å². The van der Waals surface area contributed by atoms with Gasteiger partial charge in [-0.15, -0.1) is 10.2 Å². The Morgan fingerprint density at radius 1 is 1.26 bits per heavy atom. The molecule has 0 aliphatic carbocycles. The standard InChI is InChI=1S/C13H16N2O4/c1-9(8-17-2)18-11-5-3-10(4-6-11)13-15-14-12(7-16)19-13/h3-6,9,16H,7-8H2,1-2H3/t9-/m1/s1. The van der Waals surface area contributed by atoms with Crippen LogP contribution in [0.15, 0.2) is 28.7 Å². The quantitative estimate of drug-likeness (QED) is 0.854. The van der Waals surface area contributed by atoms with Crippen molar-refractivity contribution in [2.24, 2.45) is 0 Å². The third-order valence-electron chi connectivity index (χ3n) is 2.44. The Morgan fingerprint density at radius 2 is 2.00 bits per heavy atom. The molecule has 0 unspecified atom stereocenters. The average Bonchev–Trinajstić information content (AvgIpc) is 2.88. The van der Waals surface area contributed by atoms with Gasteiger partial charge < -0.3 is 19.0 Å². The molecule has 0 radical (unpaired) electrons. The van der Waals surface area contributed by atoms with Gasteiger partial charge in [-0.1, -0.05) is 0 Å². The summed E-state index contributed by atoms with van der Waals surface area (Å²) in [4.78, 5) is 0. The highest BCUT2D eigenvalue weighted by Gasteiger charge is 2.08. The van der Waals surface area contributed by atoms with Gasteiger partial charge in [-0.05, 0) is 31.2 Å². The number of benzene rings is 1. The fraction of sp³-hybridized carbons (Fsp3) is 0.385. The van der Waals surface area contributed by atoms with E-state index in [0.29, 0.717) is 12.5 Å². The van der Waals surface area contributed by atoms with Gasteiger partial charge in [-0.25, -0.2) is 0 Å². The first-order valence-electron chi connectivity index (χ1n) is 5.92. The molecule has 1 N–H and O–H groups in total. The number of nitrogens with zero attached hydrogens (tertiary/aromatic N) is 2. The lowest BCUT2D eigenvalue weighted by molar-refractivity contribution is 0.0921. The summed E-state index contributed by atoms with van der Waals surface area (Å²) in [6.07, 6.45) is -0.0137. The molecular weight excluding hydrogens is 248 g/mol. The minimum absolute atomic E-state index is 0.0137. The summed E-state index contributed by atoms with van der Waals surface area (Å²) in [7, 11) is 1.64. The Hall–Kier alpha value is -1.92. The van der Waals surface area contributed by atoms with E-state index in [2.05, 4.69) is 10.2 Å². The first-order valence-corrected chi connectivity index (χ1v) is 5.92. The summed E-state index contributed by atoms with van der Waals surface area (Å²) in [5.41, 5.74) is 0.777. The largest absolute Gasteiger partial charge is 0.488 e. The molecule has 0 aliphatic heterocycles. The van der Waals surface area contributed by atoms with Crippen molar-refractivity contribution in [2.75, 3.05) is 13.7 Å². The molecular formula is C13H16N2O4. The Balaban J connectivity index is 2.05. The van der Waals surface area contributed by atoms with Crippen LogP contribution in [0.1, 0.15) is 12.8 Å². The Labute approximate surface area is 111 Å². The zero-order valence-corrected chi connectivity index (χ0v) is 10.9. The molecule has 0 spiro atoms. The molecule has 1 aromatic heterocycles. The van der Waals surface area contributed by atoms with Gasteiger partial charge in [-0.3, -0.25) is 0 Å². The number of aromatic nitrogens is 2. The molecule has 0 bridgehead atoms. The van der Waals surface area contributed by atoms with Gasteiger partial charge in [0.2, 0.25) is 11.8 Å². The van der Waals surface area contributed by atoms with Crippen LogP contribution in [0.2, 0.25) is 0 Å². The van der Waals surface area contributed by atoms with E-state index in [9.17, 15) is 0 Å². The van der Waals surface area contributed by atoms with E-state index in [-0.39, 0.29) is 18.6 Å². The highest BCUT2D eigenvalue weighted by atomic mass is 16.5. The summed E-state index contributed by atoms with van der Waals surface area (Å²) in [5.74, 6) is 1.32. The predicted molar refractivity (Wildman–Crippen MR) is 67.6 cm³/mol. The van der Waals surface area contributed by atoms with Gasteiger partial charge in [0.25, 0.3) is 0 Å². The van der Waals surface area contributed by atoms with Crippen LogP contribution in [-0.2, 0) is 11.3 Å². The normalized spacial score (nSPS) is 12.4. The van der Waals surface area contributed by atoms with Crippen LogP contribution in [-0.4, -0.2) is 35.1 Å². The smallest absolute Gasteiger partial charge is 0.247 e. The molecule has 1 aromatic carbocycles. The van der Waals surface area contributed by atoms with Gasteiger partial charge in [0.1, 0.15) is 18.5 Å². The van der Waals surface area contributed by atoms with Crippen LogP contribution in [0, 0.1) is 0 Å². The fourth-order valence-corrected chi connectivity index (χ4v) is 1.61. The summed E-state index contributed by atoms with van der Waals surface area (Å²) in [5, 5.41) is 16.4. The third-order valence-corrected chi connectivity index (χ3v) is 2.44. The molecule has 1 heterocycles. The molecule has 0 amide bonds. The summed E-state index contributed by atoms with van der Waals surface area (Å²) in [6, 6.07) is 7.29. The van der Waals surface area contributed by atoms with Crippen LogP contribution in [0.4, 0.5) is 0 Å². The van der Waals surface area contributed by atoms with E-state index in [1.807, 2.05) is 31.2 Å². The maximum atomic E-state index is 8.86. The van der Waals surface area contributed by atoms with Crippen LogP contribution in [0.3, 0.4) is 0 Å². The zero-order valence-electron chi connectivity index (χ0n) is 10.9. The molecule has 6 heteroatoms. The maximum absolute atomic E-state index is 8.86. The predicted octanol–water partition coefficient (Wildman–Crippen LogP) is 1.64. The van der Waals surface area contributed by atoms with Gasteiger partial charge in [0, 0.05) is 12.7 Å². The van der Waals surface area contributed by atoms with Crippen molar-refractivity contribution < 1.29 is 19.0 Å². The SMILES string of the molecule is COC[C@@H](C)Oc1ccc(-c2nnc(CO)o2)cc1. The highest BCUT2D eigenvalue weighted by molar-refractivity contribution is 5.53. The topological polar surface area (TPSA) is 77.6 Å². The van der Waals surface area contributed by atoms with E-state index in [0.717, 1.165) is 11.3 Å². The highest BCUT2D eigenvalue weighted by Crippen LogP contribution is 2.21. The summed E-state index contributed by atoms with van der Waals surface area (Å²) >= 11 is 0. The Morgan fingerprint density at radius 3 is 2.58 bits per heavy atom. The van der Waals surface area contributed by atoms with Gasteiger partial charge in [0.15, 0.2) is 0 Å². The van der Waals surface area contributed by atoms with Gasteiger partial charge in [-0.2, -0.15) is 0 Å². The average molecular weight is 264 g/mol. The van der Waals surface area contributed by atoms with E-state index in [4.69, 9.17) is 19.0 Å². The first-order chi connectivity index (χ1) is 9.22. The second kappa shape index (κ2) is 6.31. The molecule has 2 rings (SSSR count). The van der Waals surface area contributed by atoms with E-state index >= 15 is 0 Å². The molecule has 1 atom stereocenters. The number of methoxy groups -OCH3 is 1. The van der Waals surface area contributed by atoms with Gasteiger partial charge >= 0.3 is 0 Å². The number of aliphatic hydroxyl groups excluding tert-OH is 1. The van der Waals surface area contributed by atoms with Crippen LogP contribution in [0.5, 0.6) is 5.75 Å². The van der Waals surface area contributed by atoms with Crippen molar-refractivity contribution in [3.8, 4) is 17.2 Å². The maximum Gasteiger partial charge on any atom is 0.247 e. The molecule has 0 saturated carbocycles. The number of ether oxygens (including phenoxy) is 2. The van der Waals surface area contributed by atoms with Crippen molar-refractivity contribution in [3.05, 3.63) is 30.2 Å². The number of hydrogen-bond acceptors (Lipinski definition) is 6. The minimum atomic E-state index is -0.261. The van der Waals surface area contributed by atoms with E-state index in [1.165, 1.54) is 0 Å². The Kier molecular flexibility index (Phi) is 4.48. The van der Waals surface area contributed by atoms with Crippen LogP contribution in [0.25, 0.3) is 11.5 Å². The molecule has 0 saturated heterocycles. The molecule has 0 fully saturated rings. The summed E-state index contributed by atoms with van der Waals surface area (Å²) < 4.78 is 15.9. The van der Waals surface area contributed by atoms with E-state index < -0.39 is 0 Å². The lowest BCUT2D eigenvalue weighted by Crippen LogP contribution is -2.17. The zero-order chi connectivity index (χ0) is 13.7. The lowest BCUT2D eigenvalue weighted by atomic mass is 10.2. The molecule has 2 aromatic rings. The first kappa shape index (κ1) is 13.5. The number of rotatable bonds is 6. The summed E-state index contributed by atoms with van der Waals surface area (Å²) in [6.45, 7) is 2.21. The Bertz CT molecular complexity index is 510. The van der Waals surface area contributed by atoms with Crippen molar-refractivity contribution in [3.63, 3.8) is 0 Å². The van der Waals surface area contributed by atoms with Crippen molar-refractivity contribution in [1.82, 2.24) is 10.2 Å². The van der Waals surface area contributed by atoms with Crippen molar-refractivity contribution >= 4 is 0 Å². The van der Waals surface area contributed by atoms with Gasteiger partial charge in [0.05, 0.1) is 6.61 Å². The second-order valence-corrected chi connectivity index (χ2v) is 4.07. The number of hydrogen-bond donors (Lipinski definition) is 1. The lowest BCUT2D eigenvalue weighted by Gasteiger charge is -2.13. The third kappa shape index (κ3) is 3.52.